The zero-order chi connectivity index (χ0) is 17.9. The number of carbonyl (C=O) groups is 1. The van der Waals surface area contributed by atoms with Crippen LogP contribution in [0.15, 0.2) is 35.2 Å². The second-order valence-electron chi connectivity index (χ2n) is 6.56. The highest BCUT2D eigenvalue weighted by atomic mass is 32.1. The third-order valence-corrected chi connectivity index (χ3v) is 6.00. The summed E-state index contributed by atoms with van der Waals surface area (Å²) in [5.74, 6) is 1.77. The number of carbonyl (C=O) groups excluding carboxylic acids is 1. The highest BCUT2D eigenvalue weighted by Gasteiger charge is 2.27. The van der Waals surface area contributed by atoms with Crippen LogP contribution in [0.2, 0.25) is 0 Å². The summed E-state index contributed by atoms with van der Waals surface area (Å²) in [6, 6.07) is 5.89. The Bertz CT molecular complexity index is 890. The topological polar surface area (TPSA) is 71.3 Å². The number of hydrogen-bond acceptors (Lipinski definition) is 6. The van der Waals surface area contributed by atoms with Crippen LogP contribution >= 0.6 is 11.3 Å². The first-order chi connectivity index (χ1) is 12.7. The van der Waals surface area contributed by atoms with Crippen molar-refractivity contribution in [3.05, 3.63) is 41.4 Å². The normalized spacial score (nSPS) is 17.6. The molecule has 0 aromatic carbocycles. The van der Waals surface area contributed by atoms with Crippen molar-refractivity contribution in [3.8, 4) is 0 Å². The minimum atomic E-state index is -0.0343. The van der Waals surface area contributed by atoms with E-state index >= 15 is 0 Å². The molecule has 1 amide bonds. The van der Waals surface area contributed by atoms with E-state index in [0.717, 1.165) is 47.6 Å². The van der Waals surface area contributed by atoms with Crippen molar-refractivity contribution < 1.29 is 9.21 Å². The maximum absolute atomic E-state index is 12.6. The number of rotatable bonds is 5. The summed E-state index contributed by atoms with van der Waals surface area (Å²) in [7, 11) is 0. The van der Waals surface area contributed by atoms with Gasteiger partial charge in [-0.1, -0.05) is 6.92 Å². The molecule has 4 rings (SSSR count). The number of aromatic nitrogens is 2. The molecule has 26 heavy (non-hydrogen) atoms. The van der Waals surface area contributed by atoms with Gasteiger partial charge in [-0.05, 0) is 37.5 Å². The highest BCUT2D eigenvalue weighted by molar-refractivity contribution is 7.18. The number of hydrogen-bond donors (Lipinski definition) is 1. The fraction of sp³-hybridized carbons (Fsp3) is 0.421. The molecular weight excluding hydrogens is 348 g/mol. The monoisotopic (exact) mass is 370 g/mol. The zero-order valence-electron chi connectivity index (χ0n) is 14.8. The molecule has 6 nitrogen and oxygen atoms in total. The van der Waals surface area contributed by atoms with Gasteiger partial charge in [0.05, 0.1) is 24.1 Å². The van der Waals surface area contributed by atoms with Gasteiger partial charge in [0.25, 0.3) is 0 Å². The average molecular weight is 370 g/mol. The van der Waals surface area contributed by atoms with Crippen molar-refractivity contribution in [2.75, 3.05) is 18.0 Å². The van der Waals surface area contributed by atoms with E-state index in [0.29, 0.717) is 13.1 Å². The first kappa shape index (κ1) is 17.0. The van der Waals surface area contributed by atoms with Gasteiger partial charge in [0, 0.05) is 18.0 Å². The molecule has 1 aliphatic rings. The summed E-state index contributed by atoms with van der Waals surface area (Å²) in [6.07, 6.45) is 6.13. The summed E-state index contributed by atoms with van der Waals surface area (Å²) in [4.78, 5) is 26.1. The molecule has 1 atom stereocenters. The number of nitrogens with zero attached hydrogens (tertiary/aromatic N) is 3. The van der Waals surface area contributed by atoms with Gasteiger partial charge in [-0.3, -0.25) is 4.79 Å². The van der Waals surface area contributed by atoms with E-state index in [2.05, 4.69) is 33.2 Å². The fourth-order valence-corrected chi connectivity index (χ4v) is 4.36. The Hall–Kier alpha value is -2.41. The number of amides is 1. The van der Waals surface area contributed by atoms with E-state index in [-0.39, 0.29) is 11.8 Å². The fourth-order valence-electron chi connectivity index (χ4n) is 3.43. The number of fused-ring (bicyclic) bond motifs is 1. The molecule has 3 aromatic heterocycles. The lowest BCUT2D eigenvalue weighted by Gasteiger charge is -2.33. The van der Waals surface area contributed by atoms with Gasteiger partial charge in [0.2, 0.25) is 5.91 Å². The molecule has 1 aliphatic heterocycles. The van der Waals surface area contributed by atoms with Crippen LogP contribution in [-0.4, -0.2) is 29.0 Å². The average Bonchev–Trinajstić information content (AvgIpc) is 3.35. The van der Waals surface area contributed by atoms with Crippen LogP contribution in [0.25, 0.3) is 10.2 Å². The number of piperidine rings is 1. The maximum atomic E-state index is 12.6. The number of nitrogens with one attached hydrogen (secondary N) is 1. The summed E-state index contributed by atoms with van der Waals surface area (Å²) < 4.78 is 5.28. The van der Waals surface area contributed by atoms with Crippen LogP contribution in [0, 0.1) is 5.92 Å². The van der Waals surface area contributed by atoms with Crippen LogP contribution in [0.3, 0.4) is 0 Å². The minimum absolute atomic E-state index is 0.0343. The molecule has 0 spiro atoms. The van der Waals surface area contributed by atoms with Gasteiger partial charge in [-0.25, -0.2) is 9.97 Å². The van der Waals surface area contributed by atoms with Crippen molar-refractivity contribution >= 4 is 33.3 Å². The van der Waals surface area contributed by atoms with Crippen molar-refractivity contribution in [2.24, 2.45) is 5.92 Å². The quantitative estimate of drug-likeness (QED) is 0.745. The number of anilines is 1. The van der Waals surface area contributed by atoms with Crippen LogP contribution < -0.4 is 10.2 Å². The van der Waals surface area contributed by atoms with Crippen molar-refractivity contribution in [1.29, 1.82) is 0 Å². The van der Waals surface area contributed by atoms with E-state index in [1.807, 2.05) is 12.1 Å². The molecule has 1 N–H and O–H groups in total. The Morgan fingerprint density at radius 3 is 3.19 bits per heavy atom. The minimum Gasteiger partial charge on any atom is -0.467 e. The van der Waals surface area contributed by atoms with Crippen LogP contribution in [0.5, 0.6) is 0 Å². The van der Waals surface area contributed by atoms with Crippen molar-refractivity contribution in [2.45, 2.75) is 32.7 Å². The lowest BCUT2D eigenvalue weighted by molar-refractivity contribution is -0.125. The molecule has 0 saturated carbocycles. The molecule has 0 aliphatic carbocycles. The lowest BCUT2D eigenvalue weighted by atomic mass is 9.97. The van der Waals surface area contributed by atoms with Gasteiger partial charge in [-0.2, -0.15) is 0 Å². The second-order valence-corrected chi connectivity index (χ2v) is 7.68. The maximum Gasteiger partial charge on any atom is 0.225 e. The Labute approximate surface area is 156 Å². The first-order valence-electron chi connectivity index (χ1n) is 9.03. The summed E-state index contributed by atoms with van der Waals surface area (Å²) in [5.41, 5.74) is 0. The van der Waals surface area contributed by atoms with Gasteiger partial charge in [-0.15, -0.1) is 11.3 Å². The molecule has 7 heteroatoms. The Balaban J connectivity index is 1.48. The molecule has 0 bridgehead atoms. The zero-order valence-corrected chi connectivity index (χ0v) is 15.6. The summed E-state index contributed by atoms with van der Waals surface area (Å²) in [6.45, 7) is 4.20. The molecule has 3 aromatic rings. The second kappa shape index (κ2) is 7.45. The lowest BCUT2D eigenvalue weighted by Crippen LogP contribution is -2.43. The van der Waals surface area contributed by atoms with Crippen LogP contribution in [0.1, 0.15) is 30.4 Å². The molecule has 1 saturated heterocycles. The third-order valence-electron chi connectivity index (χ3n) is 4.82. The molecule has 0 unspecified atom stereocenters. The molecule has 136 valence electrons. The van der Waals surface area contributed by atoms with E-state index in [1.165, 1.54) is 4.88 Å². The number of aryl methyl sites for hydroxylation is 1. The predicted octanol–water partition coefficient (Wildman–Crippen LogP) is 3.38. The predicted molar refractivity (Wildman–Crippen MR) is 102 cm³/mol. The van der Waals surface area contributed by atoms with E-state index in [1.54, 1.807) is 23.9 Å². The number of thiophene rings is 1. The third kappa shape index (κ3) is 3.44. The van der Waals surface area contributed by atoms with Crippen LogP contribution in [0.4, 0.5) is 5.82 Å². The van der Waals surface area contributed by atoms with Crippen LogP contribution in [-0.2, 0) is 17.8 Å². The smallest absolute Gasteiger partial charge is 0.225 e. The Kier molecular flexibility index (Phi) is 4.88. The number of furan rings is 1. The van der Waals surface area contributed by atoms with E-state index in [4.69, 9.17) is 4.42 Å². The Morgan fingerprint density at radius 1 is 1.46 bits per heavy atom. The van der Waals surface area contributed by atoms with Gasteiger partial charge < -0.3 is 14.6 Å². The molecular formula is C19H22N4O2S. The van der Waals surface area contributed by atoms with Gasteiger partial charge in [0.1, 0.15) is 22.7 Å². The highest BCUT2D eigenvalue weighted by Crippen LogP contribution is 2.32. The van der Waals surface area contributed by atoms with Gasteiger partial charge in [0.15, 0.2) is 0 Å². The van der Waals surface area contributed by atoms with Crippen molar-refractivity contribution in [3.63, 3.8) is 0 Å². The standard InChI is InChI=1S/C19H22N4O2S/c1-2-15-9-16-17(21-12-22-19(16)26-15)23-7-3-5-13(11-23)18(24)20-10-14-6-4-8-25-14/h4,6,8-9,12-13H,2-3,5,7,10-11H2,1H3,(H,20,24)/t13-/m0/s1. The first-order valence-corrected chi connectivity index (χ1v) is 9.84. The van der Waals surface area contributed by atoms with Gasteiger partial charge >= 0.3 is 0 Å². The Morgan fingerprint density at radius 2 is 2.38 bits per heavy atom. The SMILES string of the molecule is CCc1cc2c(N3CCC[C@H](C(=O)NCc4ccco4)C3)ncnc2s1. The molecule has 0 radical (unpaired) electrons. The van der Waals surface area contributed by atoms with E-state index < -0.39 is 0 Å². The molecule has 1 fully saturated rings. The van der Waals surface area contributed by atoms with Crippen molar-refractivity contribution in [1.82, 2.24) is 15.3 Å². The van der Waals surface area contributed by atoms with E-state index in [9.17, 15) is 4.79 Å². The summed E-state index contributed by atoms with van der Waals surface area (Å²) in [5, 5.41) is 4.09. The largest absolute Gasteiger partial charge is 0.467 e. The summed E-state index contributed by atoms with van der Waals surface area (Å²) >= 11 is 1.72. The molecule has 4 heterocycles.